The van der Waals surface area contributed by atoms with Crippen molar-refractivity contribution in [2.24, 2.45) is 5.92 Å². The molecule has 3 nitrogen and oxygen atoms in total. The Bertz CT molecular complexity index is 757. The Morgan fingerprint density at radius 3 is 2.42 bits per heavy atom. The topological polar surface area (TPSA) is 35.5 Å². The highest BCUT2D eigenvalue weighted by Crippen LogP contribution is 2.35. The zero-order valence-corrected chi connectivity index (χ0v) is 14.7. The van der Waals surface area contributed by atoms with Crippen molar-refractivity contribution in [1.82, 2.24) is 0 Å². The number of carbonyl (C=O) groups excluding carboxylic acids is 1. The van der Waals surface area contributed by atoms with E-state index < -0.39 is 18.6 Å². The van der Waals surface area contributed by atoms with Gasteiger partial charge in [0.15, 0.2) is 11.6 Å². The molecule has 0 amide bonds. The van der Waals surface area contributed by atoms with Crippen molar-refractivity contribution in [2.45, 2.75) is 38.5 Å². The van der Waals surface area contributed by atoms with Crippen molar-refractivity contribution < 1.29 is 24.5 Å². The van der Waals surface area contributed by atoms with Crippen molar-refractivity contribution in [2.75, 3.05) is 6.86 Å². The van der Waals surface area contributed by atoms with Gasteiger partial charge < -0.3 is 9.47 Å². The van der Waals surface area contributed by atoms with Gasteiger partial charge in [-0.15, -0.1) is 0 Å². The fourth-order valence-corrected chi connectivity index (χ4v) is 3.37. The minimum atomic E-state index is -1.12. The van der Waals surface area contributed by atoms with E-state index in [2.05, 4.69) is 11.7 Å². The molecule has 1 aliphatic rings. The van der Waals surface area contributed by atoms with Gasteiger partial charge in [-0.05, 0) is 54.5 Å². The molecule has 0 spiro atoms. The maximum atomic E-state index is 13.7. The molecule has 1 aliphatic carbocycles. The number of hydrogen-bond acceptors (Lipinski definition) is 3. The third-order valence-corrected chi connectivity index (χ3v) is 4.96. The number of alkyl halides is 1. The first-order valence-corrected chi connectivity index (χ1v) is 8.87. The van der Waals surface area contributed by atoms with Gasteiger partial charge in [0.2, 0.25) is 6.86 Å². The lowest BCUT2D eigenvalue weighted by Crippen LogP contribution is -2.12. The minimum absolute atomic E-state index is 0. The van der Waals surface area contributed by atoms with E-state index in [1.807, 2.05) is 12.1 Å². The molecular formula is C21H24F2O3. The highest BCUT2D eigenvalue weighted by molar-refractivity contribution is 5.91. The predicted molar refractivity (Wildman–Crippen MR) is 96.9 cm³/mol. The average molecular weight is 362 g/mol. The van der Waals surface area contributed by atoms with Crippen LogP contribution in [0.4, 0.5) is 8.78 Å². The third-order valence-electron chi connectivity index (χ3n) is 4.96. The van der Waals surface area contributed by atoms with Gasteiger partial charge in [-0.2, -0.15) is 0 Å². The Morgan fingerprint density at radius 2 is 1.81 bits per heavy atom. The Hall–Kier alpha value is -2.43. The molecule has 1 fully saturated rings. The molecule has 0 bridgehead atoms. The fourth-order valence-electron chi connectivity index (χ4n) is 3.37. The van der Waals surface area contributed by atoms with Gasteiger partial charge in [-0.1, -0.05) is 31.9 Å². The molecule has 0 unspecified atom stereocenters. The van der Waals surface area contributed by atoms with Gasteiger partial charge >= 0.3 is 5.97 Å². The van der Waals surface area contributed by atoms with Crippen LogP contribution in [0, 0.1) is 11.7 Å². The first-order valence-electron chi connectivity index (χ1n) is 8.87. The molecule has 140 valence electrons. The summed E-state index contributed by atoms with van der Waals surface area (Å²) in [5.41, 5.74) is 1.65. The quantitative estimate of drug-likeness (QED) is 0.491. The standard InChI is InChI=1S/C21H22F2O3.H2/c1-14-2-4-15(5-3-14)16-6-8-17(9-7-16)21(24)26-18-10-11-20(25-13-22)19(23)12-18;/h6-12,14-15H,2-5,13H2,1H3;1H. The summed E-state index contributed by atoms with van der Waals surface area (Å²) in [6.45, 7) is 1.16. The van der Waals surface area contributed by atoms with Gasteiger partial charge in [-0.3, -0.25) is 0 Å². The molecule has 0 aromatic heterocycles. The summed E-state index contributed by atoms with van der Waals surface area (Å²) in [5.74, 6) is -0.180. The maximum Gasteiger partial charge on any atom is 0.343 e. The van der Waals surface area contributed by atoms with Gasteiger partial charge in [0.25, 0.3) is 0 Å². The molecule has 5 heteroatoms. The van der Waals surface area contributed by atoms with Crippen LogP contribution in [-0.4, -0.2) is 12.8 Å². The molecule has 0 saturated heterocycles. The Morgan fingerprint density at radius 1 is 1.12 bits per heavy atom. The zero-order valence-electron chi connectivity index (χ0n) is 14.7. The van der Waals surface area contributed by atoms with E-state index in [9.17, 15) is 13.6 Å². The van der Waals surface area contributed by atoms with E-state index in [4.69, 9.17) is 4.74 Å². The summed E-state index contributed by atoms with van der Waals surface area (Å²) in [7, 11) is 0. The summed E-state index contributed by atoms with van der Waals surface area (Å²) >= 11 is 0. The van der Waals surface area contributed by atoms with Gasteiger partial charge in [0.05, 0.1) is 5.56 Å². The number of esters is 1. The van der Waals surface area contributed by atoms with Crippen LogP contribution in [0.1, 0.15) is 55.9 Å². The Kier molecular flexibility index (Phi) is 5.86. The van der Waals surface area contributed by atoms with E-state index in [0.717, 1.165) is 12.0 Å². The van der Waals surface area contributed by atoms with Crippen LogP contribution >= 0.6 is 0 Å². The zero-order chi connectivity index (χ0) is 18.5. The fraction of sp³-hybridized carbons (Fsp3) is 0.381. The average Bonchev–Trinajstić information content (AvgIpc) is 2.65. The molecule has 26 heavy (non-hydrogen) atoms. The summed E-state index contributed by atoms with van der Waals surface area (Å²) in [6, 6.07) is 11.0. The molecule has 0 N–H and O–H groups in total. The van der Waals surface area contributed by atoms with Crippen molar-refractivity contribution in [3.63, 3.8) is 0 Å². The second-order valence-corrected chi connectivity index (χ2v) is 6.81. The molecule has 0 heterocycles. The van der Waals surface area contributed by atoms with E-state index in [0.29, 0.717) is 11.5 Å². The first kappa shape index (κ1) is 18.4. The van der Waals surface area contributed by atoms with E-state index in [1.165, 1.54) is 43.4 Å². The third kappa shape index (κ3) is 4.40. The van der Waals surface area contributed by atoms with Gasteiger partial charge in [0, 0.05) is 7.49 Å². The van der Waals surface area contributed by atoms with Crippen molar-refractivity contribution >= 4 is 5.97 Å². The van der Waals surface area contributed by atoms with Crippen LogP contribution < -0.4 is 9.47 Å². The normalized spacial score (nSPS) is 19.8. The summed E-state index contributed by atoms with van der Waals surface area (Å²) in [5, 5.41) is 0. The monoisotopic (exact) mass is 362 g/mol. The molecular weight excluding hydrogens is 338 g/mol. The van der Waals surface area contributed by atoms with Crippen LogP contribution in [0.25, 0.3) is 0 Å². The highest BCUT2D eigenvalue weighted by Gasteiger charge is 2.20. The van der Waals surface area contributed by atoms with Crippen LogP contribution in [-0.2, 0) is 0 Å². The second-order valence-electron chi connectivity index (χ2n) is 6.81. The lowest BCUT2D eigenvalue weighted by Gasteiger charge is -2.26. The van der Waals surface area contributed by atoms with Crippen LogP contribution in [0.2, 0.25) is 0 Å². The van der Waals surface area contributed by atoms with Crippen molar-refractivity contribution in [3.8, 4) is 11.5 Å². The molecule has 2 aromatic carbocycles. The van der Waals surface area contributed by atoms with Crippen LogP contribution in [0.5, 0.6) is 11.5 Å². The van der Waals surface area contributed by atoms with E-state index >= 15 is 0 Å². The summed E-state index contributed by atoms with van der Waals surface area (Å²) in [4.78, 5) is 12.2. The minimum Gasteiger partial charge on any atom is -0.460 e. The lowest BCUT2D eigenvalue weighted by molar-refractivity contribution is 0.0733. The maximum absolute atomic E-state index is 13.7. The lowest BCUT2D eigenvalue weighted by atomic mass is 9.79. The number of halogens is 2. The molecule has 1 saturated carbocycles. The Balaban J connectivity index is 0.00000261. The smallest absolute Gasteiger partial charge is 0.343 e. The first-order chi connectivity index (χ1) is 12.6. The number of benzene rings is 2. The van der Waals surface area contributed by atoms with Crippen molar-refractivity contribution in [1.29, 1.82) is 0 Å². The Labute approximate surface area is 153 Å². The van der Waals surface area contributed by atoms with Crippen molar-refractivity contribution in [3.05, 3.63) is 59.4 Å². The molecule has 0 aliphatic heterocycles. The van der Waals surface area contributed by atoms with E-state index in [-0.39, 0.29) is 12.9 Å². The van der Waals surface area contributed by atoms with Crippen LogP contribution in [0.15, 0.2) is 42.5 Å². The molecule has 2 aromatic rings. The van der Waals surface area contributed by atoms with Gasteiger partial charge in [-0.25, -0.2) is 13.6 Å². The van der Waals surface area contributed by atoms with E-state index in [1.54, 1.807) is 12.1 Å². The summed E-state index contributed by atoms with van der Waals surface area (Å²) < 4.78 is 35.5. The molecule has 0 atom stereocenters. The number of ether oxygens (including phenoxy) is 2. The molecule has 3 rings (SSSR count). The number of rotatable bonds is 5. The summed E-state index contributed by atoms with van der Waals surface area (Å²) in [6.07, 6.45) is 4.83. The number of hydrogen-bond donors (Lipinski definition) is 0. The predicted octanol–water partition coefficient (Wildman–Crippen LogP) is 5.89. The highest BCUT2D eigenvalue weighted by atomic mass is 19.1. The largest absolute Gasteiger partial charge is 0.460 e. The second kappa shape index (κ2) is 8.30. The van der Waals surface area contributed by atoms with Crippen LogP contribution in [0.3, 0.4) is 0 Å². The van der Waals surface area contributed by atoms with Gasteiger partial charge in [0.1, 0.15) is 5.75 Å². The SMILES string of the molecule is CC1CCC(c2ccc(C(=O)Oc3ccc(OCF)c(F)c3)cc2)CC1.[HH]. The number of carbonyl (C=O) groups is 1. The molecule has 0 radical (unpaired) electrons.